The molecule has 0 bridgehead atoms. The first-order chi connectivity index (χ1) is 11.2. The molecule has 2 aliphatic rings. The van der Waals surface area contributed by atoms with Gasteiger partial charge in [0.15, 0.2) is 11.5 Å². The lowest BCUT2D eigenvalue weighted by Crippen LogP contribution is -2.11. The molecule has 0 fully saturated rings. The monoisotopic (exact) mass is 307 g/mol. The summed E-state index contributed by atoms with van der Waals surface area (Å²) in [6.45, 7) is 2.27. The fourth-order valence-electron chi connectivity index (χ4n) is 2.82. The van der Waals surface area contributed by atoms with Gasteiger partial charge in [0.25, 0.3) is 0 Å². The first kappa shape index (κ1) is 13.8. The maximum Gasteiger partial charge on any atom is 0.231 e. The van der Waals surface area contributed by atoms with Gasteiger partial charge in [-0.25, -0.2) is 0 Å². The first-order valence-electron chi connectivity index (χ1n) is 7.60. The molecule has 2 aromatic rings. The number of fused-ring (bicyclic) bond motifs is 2. The van der Waals surface area contributed by atoms with Gasteiger partial charge in [0.2, 0.25) is 6.79 Å². The second kappa shape index (κ2) is 5.43. The molecule has 23 heavy (non-hydrogen) atoms. The van der Waals surface area contributed by atoms with Gasteiger partial charge in [0.05, 0.1) is 0 Å². The van der Waals surface area contributed by atoms with Crippen LogP contribution in [0.3, 0.4) is 0 Å². The molecule has 4 rings (SSSR count). The highest BCUT2D eigenvalue weighted by molar-refractivity contribution is 6.14. The number of hydrogen-bond acceptors (Lipinski definition) is 5. The minimum atomic E-state index is 0.266. The molecule has 0 radical (unpaired) electrons. The van der Waals surface area contributed by atoms with Crippen LogP contribution >= 0.6 is 0 Å². The van der Waals surface area contributed by atoms with Crippen LogP contribution in [0.5, 0.6) is 11.5 Å². The number of benzene rings is 2. The van der Waals surface area contributed by atoms with Crippen molar-refractivity contribution in [2.24, 2.45) is 10.2 Å². The van der Waals surface area contributed by atoms with Gasteiger partial charge in [-0.1, -0.05) is 12.1 Å². The molecule has 5 nitrogen and oxygen atoms in total. The van der Waals surface area contributed by atoms with Crippen molar-refractivity contribution in [3.05, 3.63) is 53.1 Å². The lowest BCUT2D eigenvalue weighted by Gasteiger charge is -2.15. The summed E-state index contributed by atoms with van der Waals surface area (Å²) in [6.07, 6.45) is 1.78. The molecule has 5 heteroatoms. The molecular formula is C18H17N3O2. The summed E-state index contributed by atoms with van der Waals surface area (Å²) in [5, 5.41) is 8.86. The van der Waals surface area contributed by atoms with Crippen LogP contribution < -0.4 is 15.2 Å². The first-order valence-corrected chi connectivity index (χ1v) is 7.60. The summed E-state index contributed by atoms with van der Waals surface area (Å²) < 4.78 is 11.0. The molecule has 0 atom stereocenters. The van der Waals surface area contributed by atoms with Gasteiger partial charge < -0.3 is 15.2 Å². The lowest BCUT2D eigenvalue weighted by molar-refractivity contribution is 0.174. The highest BCUT2D eigenvalue weighted by atomic mass is 16.7. The smallest absolute Gasteiger partial charge is 0.231 e. The van der Waals surface area contributed by atoms with Crippen LogP contribution in [0.2, 0.25) is 0 Å². The minimum absolute atomic E-state index is 0.266. The van der Waals surface area contributed by atoms with Gasteiger partial charge in [-0.3, -0.25) is 0 Å². The summed E-state index contributed by atoms with van der Waals surface area (Å²) in [6, 6.07) is 11.7. The Kier molecular flexibility index (Phi) is 3.26. The molecule has 0 amide bonds. The summed E-state index contributed by atoms with van der Waals surface area (Å²) in [5.74, 6) is 1.56. The van der Waals surface area contributed by atoms with Gasteiger partial charge in [-0.15, -0.1) is 5.10 Å². The van der Waals surface area contributed by atoms with E-state index in [0.717, 1.165) is 52.6 Å². The zero-order valence-electron chi connectivity index (χ0n) is 12.9. The highest BCUT2D eigenvalue weighted by Crippen LogP contribution is 2.36. The van der Waals surface area contributed by atoms with E-state index in [2.05, 4.69) is 16.3 Å². The Morgan fingerprint density at radius 3 is 2.48 bits per heavy atom. The van der Waals surface area contributed by atoms with E-state index in [1.54, 1.807) is 0 Å². The molecule has 0 aliphatic carbocycles. The zero-order valence-corrected chi connectivity index (χ0v) is 12.9. The van der Waals surface area contributed by atoms with Gasteiger partial charge in [0.1, 0.15) is 5.71 Å². The molecule has 2 heterocycles. The van der Waals surface area contributed by atoms with Crippen LogP contribution in [0.1, 0.15) is 30.0 Å². The van der Waals surface area contributed by atoms with Crippen molar-refractivity contribution in [3.63, 3.8) is 0 Å². The van der Waals surface area contributed by atoms with Crippen LogP contribution in [0.4, 0.5) is 5.69 Å². The van der Waals surface area contributed by atoms with Gasteiger partial charge in [-0.05, 0) is 49.6 Å². The number of anilines is 1. The normalized spacial score (nSPS) is 20.6. The largest absolute Gasteiger partial charge is 0.454 e. The number of hydrogen-bond donors (Lipinski definition) is 1. The Hall–Kier alpha value is -2.82. The van der Waals surface area contributed by atoms with Crippen molar-refractivity contribution < 1.29 is 9.47 Å². The maximum absolute atomic E-state index is 5.80. The van der Waals surface area contributed by atoms with Crippen LogP contribution in [-0.2, 0) is 6.42 Å². The van der Waals surface area contributed by atoms with Crippen LogP contribution in [-0.4, -0.2) is 18.2 Å². The molecule has 0 spiro atoms. The molecule has 0 saturated heterocycles. The molecule has 116 valence electrons. The van der Waals surface area contributed by atoms with Gasteiger partial charge in [0, 0.05) is 22.5 Å². The molecule has 2 aliphatic heterocycles. The lowest BCUT2D eigenvalue weighted by atomic mass is 9.93. The highest BCUT2D eigenvalue weighted by Gasteiger charge is 2.21. The Bertz CT molecular complexity index is 823. The van der Waals surface area contributed by atoms with Crippen molar-refractivity contribution in [1.29, 1.82) is 0 Å². The molecule has 0 saturated carbocycles. The second-order valence-corrected chi connectivity index (χ2v) is 5.77. The molecule has 0 aromatic heterocycles. The van der Waals surface area contributed by atoms with E-state index in [4.69, 9.17) is 15.2 Å². The van der Waals surface area contributed by atoms with Crippen LogP contribution in [0.25, 0.3) is 0 Å². The van der Waals surface area contributed by atoms with E-state index >= 15 is 0 Å². The number of rotatable bonds is 1. The van der Waals surface area contributed by atoms with Crippen molar-refractivity contribution in [1.82, 2.24) is 0 Å². The summed E-state index contributed by atoms with van der Waals surface area (Å²) in [5.41, 5.74) is 11.6. The summed E-state index contributed by atoms with van der Waals surface area (Å²) in [7, 11) is 0. The van der Waals surface area contributed by atoms with Crippen molar-refractivity contribution in [2.45, 2.75) is 19.8 Å². The third-order valence-electron chi connectivity index (χ3n) is 4.11. The number of ether oxygens (including phenoxy) is 2. The average molecular weight is 307 g/mol. The predicted molar refractivity (Wildman–Crippen MR) is 90.5 cm³/mol. The predicted octanol–water partition coefficient (Wildman–Crippen LogP) is 3.16. The fraction of sp³-hybridized carbons (Fsp3) is 0.222. The number of nitrogens with zero attached hydrogens (tertiary/aromatic N) is 2. The zero-order chi connectivity index (χ0) is 15.8. The maximum atomic E-state index is 5.80. The van der Waals surface area contributed by atoms with Gasteiger partial charge >= 0.3 is 0 Å². The number of nitrogens with two attached hydrogens (primary N) is 1. The third kappa shape index (κ3) is 2.54. The van der Waals surface area contributed by atoms with Crippen LogP contribution in [0, 0.1) is 0 Å². The molecular weight excluding hydrogens is 290 g/mol. The topological polar surface area (TPSA) is 69.2 Å². The van der Waals surface area contributed by atoms with Crippen LogP contribution in [0.15, 0.2) is 46.6 Å². The number of nitrogen functional groups attached to an aromatic ring is 1. The van der Waals surface area contributed by atoms with E-state index in [0.29, 0.717) is 0 Å². The minimum Gasteiger partial charge on any atom is -0.454 e. The average Bonchev–Trinajstić information content (AvgIpc) is 3.00. The van der Waals surface area contributed by atoms with Gasteiger partial charge in [-0.2, -0.15) is 5.10 Å². The van der Waals surface area contributed by atoms with Crippen molar-refractivity contribution in [3.8, 4) is 11.5 Å². The second-order valence-electron chi connectivity index (χ2n) is 5.77. The fourth-order valence-corrected chi connectivity index (χ4v) is 2.82. The van der Waals surface area contributed by atoms with E-state index in [-0.39, 0.29) is 6.79 Å². The quantitative estimate of drug-likeness (QED) is 0.823. The SMILES string of the molecule is C/C1=N/N=C(/c2ccc(N)cc2)c2cc3c(cc2CC1)OCO3. The Morgan fingerprint density at radius 1 is 0.957 bits per heavy atom. The molecule has 0 unspecified atom stereocenters. The van der Waals surface area contributed by atoms with E-state index in [9.17, 15) is 0 Å². The van der Waals surface area contributed by atoms with E-state index in [1.165, 1.54) is 5.56 Å². The Morgan fingerprint density at radius 2 is 1.70 bits per heavy atom. The Labute approximate surface area is 134 Å². The van der Waals surface area contributed by atoms with Crippen molar-refractivity contribution >= 4 is 17.1 Å². The van der Waals surface area contributed by atoms with E-state index < -0.39 is 0 Å². The summed E-state index contributed by atoms with van der Waals surface area (Å²) in [4.78, 5) is 0. The van der Waals surface area contributed by atoms with Crippen molar-refractivity contribution in [2.75, 3.05) is 12.5 Å². The third-order valence-corrected chi connectivity index (χ3v) is 4.11. The standard InChI is InChI=1S/C18H17N3O2/c1-11-2-3-13-8-16-17(23-10-22-16)9-15(13)18(21-20-11)12-4-6-14(19)7-5-12/h4-9H,2-3,10,19H2,1H3/b20-11-,21-18-. The molecule has 2 N–H and O–H groups in total. The van der Waals surface area contributed by atoms with E-state index in [1.807, 2.05) is 37.3 Å². The Balaban J connectivity index is 1.90. The molecule has 2 aromatic carbocycles. The summed E-state index contributed by atoms with van der Waals surface area (Å²) >= 11 is 0. The number of aryl methyl sites for hydroxylation is 1.